The molecule has 13 heteroatoms. The van der Waals surface area contributed by atoms with Gasteiger partial charge in [0.15, 0.2) is 0 Å². The van der Waals surface area contributed by atoms with Gasteiger partial charge in [0.2, 0.25) is 5.85 Å². The lowest BCUT2D eigenvalue weighted by atomic mass is 9.82. The van der Waals surface area contributed by atoms with E-state index in [0.717, 1.165) is 6.42 Å². The standard InChI is InChI=1S/C30H55F2NO9S/c1-27(2,10-14-38-21-25(36)19-34)42-23-28(3,22-31)30(5,33)41-15-11-29(4,32)40-17-16-39-20-24(35)8-12-37-13-9-26-7-6-18-43-26/h6-7,18,24-25,34-36H,8-17,19-23,33H2,1-5H3. The SMILES string of the molecule is CC(C)(CCOCC(O)CO)OCC(C)(CF)C(C)(N)OCCC(C)(F)OCCOCC(O)CCOCCc1cccs1. The fourth-order valence-corrected chi connectivity index (χ4v) is 4.28. The lowest BCUT2D eigenvalue weighted by Crippen LogP contribution is -2.58. The fourth-order valence-electron chi connectivity index (χ4n) is 3.59. The zero-order valence-electron chi connectivity index (χ0n) is 26.5. The maximum atomic E-state index is 14.9. The van der Waals surface area contributed by atoms with Gasteiger partial charge in [0.25, 0.3) is 0 Å². The second-order valence-corrected chi connectivity index (χ2v) is 13.1. The summed E-state index contributed by atoms with van der Waals surface area (Å²) in [6, 6.07) is 4.06. The average Bonchev–Trinajstić information content (AvgIpc) is 3.47. The van der Waals surface area contributed by atoms with Crippen molar-refractivity contribution in [3.63, 3.8) is 0 Å². The molecule has 0 bridgehead atoms. The van der Waals surface area contributed by atoms with Crippen LogP contribution in [0.5, 0.6) is 0 Å². The largest absolute Gasteiger partial charge is 0.394 e. The fraction of sp³-hybridized carbons (Fsp3) is 0.867. The summed E-state index contributed by atoms with van der Waals surface area (Å²) in [6.07, 6.45) is -0.0312. The topological polar surface area (TPSA) is 142 Å². The molecule has 1 aromatic rings. The van der Waals surface area contributed by atoms with Gasteiger partial charge in [-0.15, -0.1) is 11.3 Å². The third-order valence-corrected chi connectivity index (χ3v) is 8.14. The molecule has 1 aromatic heterocycles. The maximum absolute atomic E-state index is 14.9. The van der Waals surface area contributed by atoms with Crippen LogP contribution in [0.4, 0.5) is 8.78 Å². The third-order valence-electron chi connectivity index (χ3n) is 7.20. The first-order chi connectivity index (χ1) is 20.2. The Balaban J connectivity index is 2.27. The van der Waals surface area contributed by atoms with Gasteiger partial charge in [-0.05, 0) is 52.0 Å². The summed E-state index contributed by atoms with van der Waals surface area (Å²) in [4.78, 5) is 1.26. The number of ether oxygens (including phenoxy) is 6. The number of hydrogen-bond donors (Lipinski definition) is 4. The molecule has 5 unspecified atom stereocenters. The van der Waals surface area contributed by atoms with Gasteiger partial charge in [0.05, 0.1) is 70.0 Å². The van der Waals surface area contributed by atoms with Crippen molar-refractivity contribution in [1.29, 1.82) is 0 Å². The molecular formula is C30H55F2NO9S. The Labute approximate surface area is 259 Å². The van der Waals surface area contributed by atoms with Crippen LogP contribution in [0.3, 0.4) is 0 Å². The van der Waals surface area contributed by atoms with Crippen LogP contribution in [0.1, 0.15) is 58.8 Å². The summed E-state index contributed by atoms with van der Waals surface area (Å²) < 4.78 is 62.4. The predicted molar refractivity (Wildman–Crippen MR) is 162 cm³/mol. The summed E-state index contributed by atoms with van der Waals surface area (Å²) in [5, 5.41) is 30.3. The predicted octanol–water partition coefficient (Wildman–Crippen LogP) is 3.39. The van der Waals surface area contributed by atoms with Gasteiger partial charge in [-0.1, -0.05) is 13.0 Å². The molecular weight excluding hydrogens is 588 g/mol. The summed E-state index contributed by atoms with van der Waals surface area (Å²) in [7, 11) is 0. The molecule has 5 N–H and O–H groups in total. The van der Waals surface area contributed by atoms with Gasteiger partial charge in [0.1, 0.15) is 18.5 Å². The van der Waals surface area contributed by atoms with Gasteiger partial charge in [-0.3, -0.25) is 4.39 Å². The number of nitrogens with two attached hydrogens (primary N) is 1. The van der Waals surface area contributed by atoms with Crippen molar-refractivity contribution in [2.75, 3.05) is 72.7 Å². The first-order valence-electron chi connectivity index (χ1n) is 14.8. The van der Waals surface area contributed by atoms with E-state index in [1.54, 1.807) is 18.3 Å². The molecule has 10 nitrogen and oxygen atoms in total. The molecule has 0 spiro atoms. The number of aliphatic hydroxyl groups excluding tert-OH is 3. The molecule has 254 valence electrons. The van der Waals surface area contributed by atoms with Gasteiger partial charge >= 0.3 is 0 Å². The molecule has 0 aliphatic heterocycles. The van der Waals surface area contributed by atoms with Crippen molar-refractivity contribution < 1.29 is 52.5 Å². The van der Waals surface area contributed by atoms with E-state index in [1.807, 2.05) is 25.3 Å². The first kappa shape index (κ1) is 40.2. The molecule has 0 saturated carbocycles. The van der Waals surface area contributed by atoms with Crippen molar-refractivity contribution in [3.8, 4) is 0 Å². The van der Waals surface area contributed by atoms with Crippen LogP contribution in [-0.4, -0.2) is 117 Å². The molecule has 43 heavy (non-hydrogen) atoms. The van der Waals surface area contributed by atoms with Crippen LogP contribution in [0.15, 0.2) is 17.5 Å². The van der Waals surface area contributed by atoms with E-state index >= 15 is 0 Å². The number of hydrogen-bond acceptors (Lipinski definition) is 11. The van der Waals surface area contributed by atoms with Crippen LogP contribution in [0.2, 0.25) is 0 Å². The van der Waals surface area contributed by atoms with Gasteiger partial charge in [-0.2, -0.15) is 0 Å². The quantitative estimate of drug-likeness (QED) is 0.0833. The summed E-state index contributed by atoms with van der Waals surface area (Å²) in [5.74, 6) is -2.03. The second kappa shape index (κ2) is 20.3. The Hall–Kier alpha value is -0.840. The Morgan fingerprint density at radius 3 is 2.21 bits per heavy atom. The highest BCUT2D eigenvalue weighted by molar-refractivity contribution is 7.09. The van der Waals surface area contributed by atoms with Gasteiger partial charge < -0.3 is 49.5 Å². The Morgan fingerprint density at radius 1 is 0.860 bits per heavy atom. The Morgan fingerprint density at radius 2 is 1.56 bits per heavy atom. The van der Waals surface area contributed by atoms with Crippen LogP contribution < -0.4 is 5.73 Å². The molecule has 0 radical (unpaired) electrons. The second-order valence-electron chi connectivity index (χ2n) is 12.0. The number of thiophene rings is 1. The van der Waals surface area contributed by atoms with E-state index in [-0.39, 0.29) is 59.3 Å². The Bertz CT molecular complexity index is 833. The number of aliphatic hydroxyl groups is 3. The zero-order chi connectivity index (χ0) is 32.4. The first-order valence-corrected chi connectivity index (χ1v) is 15.7. The van der Waals surface area contributed by atoms with Crippen molar-refractivity contribution in [2.45, 2.75) is 89.7 Å². The number of halogens is 2. The smallest absolute Gasteiger partial charge is 0.208 e. The third kappa shape index (κ3) is 17.4. The molecule has 1 heterocycles. The Kier molecular flexibility index (Phi) is 19.0. The van der Waals surface area contributed by atoms with E-state index in [1.165, 1.54) is 18.7 Å². The van der Waals surface area contributed by atoms with Gasteiger partial charge in [0, 0.05) is 30.9 Å². The molecule has 0 aliphatic rings. The number of rotatable bonds is 27. The van der Waals surface area contributed by atoms with E-state index in [4.69, 9.17) is 39.3 Å². The maximum Gasteiger partial charge on any atom is 0.208 e. The molecule has 0 aliphatic carbocycles. The van der Waals surface area contributed by atoms with Crippen LogP contribution in [-0.2, 0) is 34.8 Å². The van der Waals surface area contributed by atoms with E-state index in [9.17, 15) is 19.0 Å². The lowest BCUT2D eigenvalue weighted by Gasteiger charge is -2.43. The molecule has 0 saturated heterocycles. The highest BCUT2D eigenvalue weighted by Crippen LogP contribution is 2.34. The summed E-state index contributed by atoms with van der Waals surface area (Å²) in [6.45, 7) is 8.14. The monoisotopic (exact) mass is 643 g/mol. The lowest BCUT2D eigenvalue weighted by molar-refractivity contribution is -0.193. The van der Waals surface area contributed by atoms with E-state index in [2.05, 4.69) is 6.07 Å². The minimum atomic E-state index is -2.03. The molecule has 0 amide bonds. The van der Waals surface area contributed by atoms with E-state index in [0.29, 0.717) is 26.1 Å². The molecule has 1 rings (SSSR count). The van der Waals surface area contributed by atoms with Crippen molar-refractivity contribution in [2.24, 2.45) is 11.1 Å². The highest BCUT2D eigenvalue weighted by atomic mass is 32.1. The van der Waals surface area contributed by atoms with Crippen LogP contribution in [0.25, 0.3) is 0 Å². The minimum Gasteiger partial charge on any atom is -0.394 e. The van der Waals surface area contributed by atoms with Crippen LogP contribution in [0, 0.1) is 5.41 Å². The number of alkyl halides is 2. The van der Waals surface area contributed by atoms with Crippen molar-refractivity contribution in [1.82, 2.24) is 0 Å². The molecule has 0 aromatic carbocycles. The van der Waals surface area contributed by atoms with Gasteiger partial charge in [-0.25, -0.2) is 4.39 Å². The van der Waals surface area contributed by atoms with Crippen molar-refractivity contribution in [3.05, 3.63) is 22.4 Å². The summed E-state index contributed by atoms with van der Waals surface area (Å²) in [5.41, 5.74) is 2.96. The minimum absolute atomic E-state index is 0.00375. The molecule has 5 atom stereocenters. The van der Waals surface area contributed by atoms with E-state index < -0.39 is 41.5 Å². The van der Waals surface area contributed by atoms with Crippen LogP contribution >= 0.6 is 11.3 Å². The highest BCUT2D eigenvalue weighted by Gasteiger charge is 2.45. The zero-order valence-corrected chi connectivity index (χ0v) is 27.3. The molecule has 0 fully saturated rings. The average molecular weight is 644 g/mol. The summed E-state index contributed by atoms with van der Waals surface area (Å²) >= 11 is 1.69. The normalized spacial score (nSPS) is 18.1. The van der Waals surface area contributed by atoms with Crippen molar-refractivity contribution >= 4 is 11.3 Å².